The number of benzene rings is 2. The summed E-state index contributed by atoms with van der Waals surface area (Å²) in [6.07, 6.45) is 1.40. The van der Waals surface area contributed by atoms with E-state index in [1.807, 2.05) is 24.3 Å². The molecule has 0 N–H and O–H groups in total. The molecule has 0 fully saturated rings. The minimum Gasteiger partial charge on any atom is -0.618 e. The summed E-state index contributed by atoms with van der Waals surface area (Å²) in [5.41, 5.74) is -1.07. The number of anilines is 1. The van der Waals surface area contributed by atoms with Crippen LogP contribution in [0.25, 0.3) is 0 Å². The Labute approximate surface area is 166 Å². The molecule has 1 atom stereocenters. The Kier molecular flexibility index (Phi) is 6.41. The Hall–Kier alpha value is -3.35. The van der Waals surface area contributed by atoms with Crippen LogP contribution in [0, 0.1) is 33.3 Å². The van der Waals surface area contributed by atoms with Gasteiger partial charge in [0.05, 0.1) is 23.2 Å². The summed E-state index contributed by atoms with van der Waals surface area (Å²) in [5, 5.41) is 33.5. The zero-order valence-electron chi connectivity index (χ0n) is 16.5. The predicted octanol–water partition coefficient (Wildman–Crippen LogP) is 4.56. The maximum atomic E-state index is 12.8. The van der Waals surface area contributed by atoms with E-state index in [1.54, 1.807) is 64.1 Å². The predicted molar refractivity (Wildman–Crippen MR) is 109 cm³/mol. The van der Waals surface area contributed by atoms with Crippen LogP contribution in [-0.2, 0) is 4.84 Å². The SMILES string of the molecule is CC(C)(C#N)ON(c1ccccc1)C(/C=[N+](\[O-])c1ccccc1)C(C)(C)C#N. The van der Waals surface area contributed by atoms with Crippen molar-refractivity contribution in [1.82, 2.24) is 0 Å². The number of para-hydroxylation sites is 2. The van der Waals surface area contributed by atoms with Crippen LogP contribution in [0.3, 0.4) is 0 Å². The van der Waals surface area contributed by atoms with Crippen molar-refractivity contribution in [3.05, 3.63) is 65.9 Å². The average Bonchev–Trinajstić information content (AvgIpc) is 2.71. The molecular formula is C22H24N4O2. The zero-order chi connectivity index (χ0) is 20.8. The molecule has 0 amide bonds. The summed E-state index contributed by atoms with van der Waals surface area (Å²) in [6.45, 7) is 6.72. The molecule has 1 unspecified atom stereocenters. The maximum Gasteiger partial charge on any atom is 0.216 e. The van der Waals surface area contributed by atoms with E-state index in [2.05, 4.69) is 12.1 Å². The molecule has 0 heterocycles. The summed E-state index contributed by atoms with van der Waals surface area (Å²) < 4.78 is 0.725. The topological polar surface area (TPSA) is 86.1 Å². The number of rotatable bonds is 7. The van der Waals surface area contributed by atoms with Crippen molar-refractivity contribution in [3.63, 3.8) is 0 Å². The van der Waals surface area contributed by atoms with Gasteiger partial charge in [-0.05, 0) is 39.8 Å². The first-order valence-corrected chi connectivity index (χ1v) is 8.92. The first-order chi connectivity index (χ1) is 13.2. The molecule has 0 spiro atoms. The summed E-state index contributed by atoms with van der Waals surface area (Å²) in [7, 11) is 0. The van der Waals surface area contributed by atoms with Crippen molar-refractivity contribution in [1.29, 1.82) is 10.5 Å². The second-order valence-electron chi connectivity index (χ2n) is 7.46. The number of hydrogen-bond acceptors (Lipinski definition) is 5. The van der Waals surface area contributed by atoms with Gasteiger partial charge in [-0.1, -0.05) is 36.4 Å². The van der Waals surface area contributed by atoms with Gasteiger partial charge in [0.2, 0.25) is 5.69 Å². The Morgan fingerprint density at radius 1 is 0.964 bits per heavy atom. The highest BCUT2D eigenvalue weighted by molar-refractivity contribution is 5.69. The molecule has 6 nitrogen and oxygen atoms in total. The molecule has 144 valence electrons. The van der Waals surface area contributed by atoms with E-state index in [0.29, 0.717) is 11.4 Å². The number of hydrogen-bond donors (Lipinski definition) is 0. The Balaban J connectivity index is 2.60. The highest BCUT2D eigenvalue weighted by Gasteiger charge is 2.40. The molecule has 28 heavy (non-hydrogen) atoms. The van der Waals surface area contributed by atoms with Gasteiger partial charge in [-0.2, -0.15) is 15.3 Å². The van der Waals surface area contributed by atoms with Gasteiger partial charge < -0.3 is 5.21 Å². The third kappa shape index (κ3) is 5.09. The van der Waals surface area contributed by atoms with E-state index < -0.39 is 17.1 Å². The lowest BCUT2D eigenvalue weighted by Gasteiger charge is -2.38. The van der Waals surface area contributed by atoms with Crippen LogP contribution in [0.5, 0.6) is 0 Å². The lowest BCUT2D eigenvalue weighted by atomic mass is 9.86. The number of nitrogens with zero attached hydrogens (tertiary/aromatic N) is 4. The Bertz CT molecular complexity index is 894. The molecule has 0 aliphatic rings. The molecule has 6 heteroatoms. The fourth-order valence-electron chi connectivity index (χ4n) is 2.51. The third-order valence-corrected chi connectivity index (χ3v) is 4.17. The standard InChI is InChI=1S/C22H24N4O2/c1-21(2,16-23)20(15-25(27)18-11-7-5-8-12-18)26(28-22(3,4)17-24)19-13-9-6-10-14-19/h5-15,20H,1-4H3/b25-15-. The first kappa shape index (κ1) is 21.0. The highest BCUT2D eigenvalue weighted by atomic mass is 16.7. The van der Waals surface area contributed by atoms with Gasteiger partial charge in [0.15, 0.2) is 17.9 Å². The lowest BCUT2D eigenvalue weighted by Crippen LogP contribution is -2.50. The molecule has 2 aromatic carbocycles. The fraction of sp³-hybridized carbons (Fsp3) is 0.318. The molecule has 2 aromatic rings. The molecule has 0 radical (unpaired) electrons. The van der Waals surface area contributed by atoms with Crippen LogP contribution < -0.4 is 5.06 Å². The van der Waals surface area contributed by atoms with Crippen LogP contribution in [0.2, 0.25) is 0 Å². The molecule has 2 rings (SSSR count). The summed E-state index contributed by atoms with van der Waals surface area (Å²) in [6, 6.07) is 21.4. The quantitative estimate of drug-likeness (QED) is 0.306. The van der Waals surface area contributed by atoms with Crippen molar-refractivity contribution in [2.75, 3.05) is 5.06 Å². The average molecular weight is 376 g/mol. The third-order valence-electron chi connectivity index (χ3n) is 4.17. The highest BCUT2D eigenvalue weighted by Crippen LogP contribution is 2.31. The van der Waals surface area contributed by atoms with Crippen molar-refractivity contribution in [3.8, 4) is 12.1 Å². The van der Waals surface area contributed by atoms with Gasteiger partial charge in [-0.15, -0.1) is 0 Å². The molecular weight excluding hydrogens is 352 g/mol. The van der Waals surface area contributed by atoms with E-state index in [9.17, 15) is 15.7 Å². The van der Waals surface area contributed by atoms with E-state index in [4.69, 9.17) is 4.84 Å². The second-order valence-corrected chi connectivity index (χ2v) is 7.46. The first-order valence-electron chi connectivity index (χ1n) is 8.92. The minimum absolute atomic E-state index is 0.439. The Morgan fingerprint density at radius 2 is 1.50 bits per heavy atom. The summed E-state index contributed by atoms with van der Waals surface area (Å²) in [4.78, 5) is 5.98. The van der Waals surface area contributed by atoms with Crippen LogP contribution in [0.15, 0.2) is 60.7 Å². The van der Waals surface area contributed by atoms with Gasteiger partial charge >= 0.3 is 0 Å². The van der Waals surface area contributed by atoms with Crippen LogP contribution >= 0.6 is 0 Å². The van der Waals surface area contributed by atoms with Crippen LogP contribution in [-0.4, -0.2) is 22.6 Å². The summed E-state index contributed by atoms with van der Waals surface area (Å²) >= 11 is 0. The molecule has 0 saturated carbocycles. The van der Waals surface area contributed by atoms with Crippen molar-refractivity contribution in [2.24, 2.45) is 5.41 Å². The smallest absolute Gasteiger partial charge is 0.216 e. The van der Waals surface area contributed by atoms with Crippen LogP contribution in [0.1, 0.15) is 27.7 Å². The maximum absolute atomic E-state index is 12.8. The molecule has 0 aromatic heterocycles. The van der Waals surface area contributed by atoms with Crippen molar-refractivity contribution >= 4 is 17.6 Å². The molecule has 0 bridgehead atoms. The lowest BCUT2D eigenvalue weighted by molar-refractivity contribution is -0.358. The van der Waals surface area contributed by atoms with E-state index in [0.717, 1.165) is 4.74 Å². The minimum atomic E-state index is -1.16. The van der Waals surface area contributed by atoms with Gasteiger partial charge in [0.1, 0.15) is 0 Å². The van der Waals surface area contributed by atoms with E-state index in [-0.39, 0.29) is 0 Å². The molecule has 0 aliphatic heterocycles. The normalized spacial score (nSPS) is 13.3. The van der Waals surface area contributed by atoms with Crippen molar-refractivity contribution in [2.45, 2.75) is 39.3 Å². The van der Waals surface area contributed by atoms with Gasteiger partial charge in [-0.3, -0.25) is 4.84 Å². The van der Waals surface area contributed by atoms with Gasteiger partial charge in [-0.25, -0.2) is 5.06 Å². The van der Waals surface area contributed by atoms with Crippen LogP contribution in [0.4, 0.5) is 11.4 Å². The van der Waals surface area contributed by atoms with Gasteiger partial charge in [0, 0.05) is 12.1 Å². The fourth-order valence-corrected chi connectivity index (χ4v) is 2.51. The Morgan fingerprint density at radius 3 is 2.00 bits per heavy atom. The van der Waals surface area contributed by atoms with E-state index in [1.165, 1.54) is 11.3 Å². The van der Waals surface area contributed by atoms with Crippen molar-refractivity contribution < 1.29 is 9.58 Å². The number of nitriles is 2. The monoisotopic (exact) mass is 376 g/mol. The number of hydroxylamine groups is 1. The van der Waals surface area contributed by atoms with E-state index >= 15 is 0 Å². The molecule has 0 aliphatic carbocycles. The zero-order valence-corrected chi connectivity index (χ0v) is 16.5. The largest absolute Gasteiger partial charge is 0.618 e. The summed E-state index contributed by atoms with van der Waals surface area (Å²) in [5.74, 6) is 0. The molecule has 0 saturated heterocycles. The second kappa shape index (κ2) is 8.56. The van der Waals surface area contributed by atoms with Gasteiger partial charge in [0.25, 0.3) is 0 Å².